The average Bonchev–Trinajstić information content (AvgIpc) is 3.06. The Labute approximate surface area is 163 Å². The average molecular weight is 390 g/mol. The minimum atomic E-state index is -0.610. The molecule has 2 aromatic rings. The first-order chi connectivity index (χ1) is 13.3. The van der Waals surface area contributed by atoms with Gasteiger partial charge in [-0.15, -0.1) is 15.3 Å². The number of nitrogens with one attached hydrogen (secondary N) is 1. The van der Waals surface area contributed by atoms with Crippen LogP contribution in [0.4, 0.5) is 4.79 Å². The Morgan fingerprint density at radius 3 is 2.75 bits per heavy atom. The van der Waals surface area contributed by atoms with Gasteiger partial charge in [0.15, 0.2) is 11.5 Å². The first-order valence-electron chi connectivity index (χ1n) is 9.31. The first-order valence-corrected chi connectivity index (χ1v) is 9.31. The van der Waals surface area contributed by atoms with Crippen molar-refractivity contribution in [2.75, 3.05) is 13.7 Å². The number of rotatable bonds is 4. The molecule has 2 amide bonds. The van der Waals surface area contributed by atoms with Gasteiger partial charge in [0, 0.05) is 12.6 Å². The molecule has 1 aliphatic rings. The third-order valence-electron chi connectivity index (χ3n) is 4.37. The summed E-state index contributed by atoms with van der Waals surface area (Å²) in [6, 6.07) is 2.85. The van der Waals surface area contributed by atoms with Crippen molar-refractivity contribution in [2.24, 2.45) is 0 Å². The van der Waals surface area contributed by atoms with E-state index in [2.05, 4.69) is 20.6 Å². The summed E-state index contributed by atoms with van der Waals surface area (Å²) < 4.78 is 12.1. The number of methoxy groups -OCH3 is 1. The van der Waals surface area contributed by atoms with Gasteiger partial charge in [0.05, 0.1) is 13.7 Å². The Hall–Kier alpha value is -2.91. The molecule has 0 spiro atoms. The molecule has 1 fully saturated rings. The number of aromatic nitrogens is 4. The maximum Gasteiger partial charge on any atom is 0.410 e. The van der Waals surface area contributed by atoms with Crippen LogP contribution < -0.4 is 10.1 Å². The van der Waals surface area contributed by atoms with E-state index in [0.29, 0.717) is 30.3 Å². The summed E-state index contributed by atoms with van der Waals surface area (Å²) in [6.45, 7) is 6.06. The zero-order valence-electron chi connectivity index (χ0n) is 16.6. The Bertz CT molecular complexity index is 859. The molecule has 1 aliphatic heterocycles. The molecule has 1 unspecified atom stereocenters. The molecule has 0 radical (unpaired) electrons. The quantitative estimate of drug-likeness (QED) is 0.843. The number of amides is 2. The number of carbonyl (C=O) groups excluding carboxylic acids is 2. The molecule has 10 heteroatoms. The Morgan fingerprint density at radius 1 is 1.25 bits per heavy atom. The number of hydrogen-bond donors (Lipinski definition) is 1. The highest BCUT2D eigenvalue weighted by molar-refractivity contribution is 5.85. The van der Waals surface area contributed by atoms with E-state index >= 15 is 0 Å². The summed E-state index contributed by atoms with van der Waals surface area (Å²) in [4.78, 5) is 26.8. The minimum absolute atomic E-state index is 0.138. The van der Waals surface area contributed by atoms with E-state index in [1.807, 2.05) is 20.8 Å². The smallest absolute Gasteiger partial charge is 0.410 e. The van der Waals surface area contributed by atoms with Crippen LogP contribution in [0.15, 0.2) is 12.1 Å². The molecular weight excluding hydrogens is 364 g/mol. The molecular formula is C18H26N6O4. The van der Waals surface area contributed by atoms with Gasteiger partial charge in [0.2, 0.25) is 11.8 Å². The fourth-order valence-electron chi connectivity index (χ4n) is 3.06. The molecule has 0 bridgehead atoms. The van der Waals surface area contributed by atoms with E-state index < -0.39 is 17.7 Å². The number of carbonyl (C=O) groups is 2. The van der Waals surface area contributed by atoms with E-state index in [1.165, 1.54) is 16.5 Å². The van der Waals surface area contributed by atoms with Crippen molar-refractivity contribution < 1.29 is 19.1 Å². The third-order valence-corrected chi connectivity index (χ3v) is 4.37. The molecule has 28 heavy (non-hydrogen) atoms. The van der Waals surface area contributed by atoms with Crippen molar-refractivity contribution in [3.05, 3.63) is 18.0 Å². The lowest BCUT2D eigenvalue weighted by atomic mass is 10.0. The lowest BCUT2D eigenvalue weighted by Crippen LogP contribution is -2.53. The minimum Gasteiger partial charge on any atom is -0.480 e. The van der Waals surface area contributed by atoms with E-state index in [-0.39, 0.29) is 12.5 Å². The normalized spacial score (nSPS) is 17.4. The second-order valence-electron chi connectivity index (χ2n) is 7.67. The molecule has 1 saturated heterocycles. The zero-order chi connectivity index (χ0) is 20.3. The predicted molar refractivity (Wildman–Crippen MR) is 99.8 cm³/mol. The van der Waals surface area contributed by atoms with Gasteiger partial charge in [-0.1, -0.05) is 0 Å². The summed E-state index contributed by atoms with van der Waals surface area (Å²) >= 11 is 0. The standard InChI is InChI=1S/C18H26N6O4/c1-18(2,3)28-17(26)23-10-6-5-7-12(23)16(25)19-11-14-21-20-13-8-9-15(27-4)22-24(13)14/h8-9,12H,5-7,10-11H2,1-4H3,(H,19,25). The second-order valence-corrected chi connectivity index (χ2v) is 7.67. The molecule has 152 valence electrons. The molecule has 0 saturated carbocycles. The highest BCUT2D eigenvalue weighted by Crippen LogP contribution is 2.20. The summed E-state index contributed by atoms with van der Waals surface area (Å²) in [5.74, 6) is 0.648. The van der Waals surface area contributed by atoms with Gasteiger partial charge in [0.1, 0.15) is 11.6 Å². The van der Waals surface area contributed by atoms with Crippen molar-refractivity contribution in [1.82, 2.24) is 30.0 Å². The number of piperidine rings is 1. The van der Waals surface area contributed by atoms with Crippen LogP contribution in [0.25, 0.3) is 5.65 Å². The van der Waals surface area contributed by atoms with Crippen LogP contribution >= 0.6 is 0 Å². The highest BCUT2D eigenvalue weighted by Gasteiger charge is 2.34. The maximum absolute atomic E-state index is 12.8. The fraction of sp³-hybridized carbons (Fsp3) is 0.611. The van der Waals surface area contributed by atoms with Gasteiger partial charge in [-0.3, -0.25) is 9.69 Å². The zero-order valence-corrected chi connectivity index (χ0v) is 16.6. The number of nitrogens with zero attached hydrogens (tertiary/aromatic N) is 5. The van der Waals surface area contributed by atoms with Gasteiger partial charge in [-0.25, -0.2) is 4.79 Å². The maximum atomic E-state index is 12.8. The monoisotopic (exact) mass is 390 g/mol. The molecule has 10 nitrogen and oxygen atoms in total. The lowest BCUT2D eigenvalue weighted by molar-refractivity contribution is -0.127. The molecule has 2 aromatic heterocycles. The van der Waals surface area contributed by atoms with Crippen LogP contribution in [0.2, 0.25) is 0 Å². The van der Waals surface area contributed by atoms with Gasteiger partial charge >= 0.3 is 6.09 Å². The molecule has 0 aromatic carbocycles. The van der Waals surface area contributed by atoms with Crippen molar-refractivity contribution in [1.29, 1.82) is 0 Å². The lowest BCUT2D eigenvalue weighted by Gasteiger charge is -2.35. The van der Waals surface area contributed by atoms with E-state index in [1.54, 1.807) is 12.1 Å². The van der Waals surface area contributed by atoms with E-state index in [0.717, 1.165) is 12.8 Å². The molecule has 1 atom stereocenters. The Balaban J connectivity index is 1.68. The number of fused-ring (bicyclic) bond motifs is 1. The van der Waals surface area contributed by atoms with Gasteiger partial charge in [0.25, 0.3) is 0 Å². The molecule has 1 N–H and O–H groups in total. The fourth-order valence-corrected chi connectivity index (χ4v) is 3.06. The molecule has 3 heterocycles. The first kappa shape index (κ1) is 19.8. The SMILES string of the molecule is COc1ccc2nnc(CNC(=O)C3CCCCN3C(=O)OC(C)(C)C)n2n1. The van der Waals surface area contributed by atoms with Crippen molar-refractivity contribution in [3.63, 3.8) is 0 Å². The second kappa shape index (κ2) is 7.99. The van der Waals surface area contributed by atoms with E-state index in [9.17, 15) is 9.59 Å². The summed E-state index contributed by atoms with van der Waals surface area (Å²) in [5, 5.41) is 15.2. The molecule has 3 rings (SSSR count). The van der Waals surface area contributed by atoms with Crippen LogP contribution in [0, 0.1) is 0 Å². The summed E-state index contributed by atoms with van der Waals surface area (Å²) in [5.41, 5.74) is -0.0566. The van der Waals surface area contributed by atoms with Crippen molar-refractivity contribution in [2.45, 2.75) is 58.2 Å². The topological polar surface area (TPSA) is 111 Å². The Kier molecular flexibility index (Phi) is 5.66. The highest BCUT2D eigenvalue weighted by atomic mass is 16.6. The largest absolute Gasteiger partial charge is 0.480 e. The molecule has 0 aliphatic carbocycles. The van der Waals surface area contributed by atoms with Crippen LogP contribution in [-0.2, 0) is 16.1 Å². The number of likely N-dealkylation sites (tertiary alicyclic amines) is 1. The summed E-state index contributed by atoms with van der Waals surface area (Å²) in [7, 11) is 1.52. The summed E-state index contributed by atoms with van der Waals surface area (Å²) in [6.07, 6.45) is 1.86. The van der Waals surface area contributed by atoms with Gasteiger partial charge in [-0.2, -0.15) is 4.52 Å². The number of ether oxygens (including phenoxy) is 2. The van der Waals surface area contributed by atoms with Crippen LogP contribution in [-0.4, -0.2) is 62.0 Å². The van der Waals surface area contributed by atoms with E-state index in [4.69, 9.17) is 9.47 Å². The van der Waals surface area contributed by atoms with Crippen LogP contribution in [0.5, 0.6) is 5.88 Å². The van der Waals surface area contributed by atoms with Crippen molar-refractivity contribution >= 4 is 17.6 Å². The van der Waals surface area contributed by atoms with Gasteiger partial charge in [-0.05, 0) is 46.1 Å². The van der Waals surface area contributed by atoms with Gasteiger partial charge < -0.3 is 14.8 Å². The van der Waals surface area contributed by atoms with Crippen molar-refractivity contribution in [3.8, 4) is 5.88 Å². The van der Waals surface area contributed by atoms with Crippen LogP contribution in [0.1, 0.15) is 45.9 Å². The van der Waals surface area contributed by atoms with Crippen LogP contribution in [0.3, 0.4) is 0 Å². The number of hydrogen-bond acceptors (Lipinski definition) is 7. The third kappa shape index (κ3) is 4.49. The Morgan fingerprint density at radius 2 is 2.04 bits per heavy atom. The predicted octanol–water partition coefficient (Wildman–Crippen LogP) is 1.54.